The minimum atomic E-state index is -4.99. The first-order valence-electron chi connectivity index (χ1n) is 19.2. The Balaban J connectivity index is 1.23. The number of nitrogens with one attached hydrogen (secondary N) is 3. The molecule has 69 heavy (non-hydrogen) atoms. The van der Waals surface area contributed by atoms with Gasteiger partial charge in [-0.25, -0.2) is 15.2 Å². The van der Waals surface area contributed by atoms with Crippen molar-refractivity contribution in [2.45, 2.75) is 21.6 Å². The van der Waals surface area contributed by atoms with E-state index in [4.69, 9.17) is 14.5 Å². The quantitative estimate of drug-likeness (QED) is 0.0108. The van der Waals surface area contributed by atoms with Gasteiger partial charge in [-0.2, -0.15) is 21.9 Å². The lowest BCUT2D eigenvalue weighted by Gasteiger charge is -2.22. The van der Waals surface area contributed by atoms with Gasteiger partial charge in [0, 0.05) is 34.7 Å². The summed E-state index contributed by atoms with van der Waals surface area (Å²) in [7, 11) is -12.8. The maximum atomic E-state index is 12.4. The fraction of sp³-hybridized carbons (Fsp3) is 0.103. The number of phenols is 2. The topological polar surface area (TPSA) is 395 Å². The van der Waals surface area contributed by atoms with Crippen LogP contribution in [0.2, 0.25) is 0 Å². The van der Waals surface area contributed by atoms with Crippen molar-refractivity contribution in [3.05, 3.63) is 91.0 Å². The van der Waals surface area contributed by atoms with Gasteiger partial charge in [0.25, 0.3) is 20.2 Å². The Morgan fingerprint density at radius 3 is 2.06 bits per heavy atom. The summed E-state index contributed by atoms with van der Waals surface area (Å²) in [4.78, 5) is 3.19. The average Bonchev–Trinajstić information content (AvgIpc) is 3.28. The van der Waals surface area contributed by atoms with Crippen LogP contribution in [0.5, 0.6) is 17.2 Å². The number of guanidine groups is 2. The van der Waals surface area contributed by atoms with Crippen LogP contribution in [-0.4, -0.2) is 92.2 Å². The number of hydrogen-bond acceptors (Lipinski definition) is 24. The Morgan fingerprint density at radius 1 is 0.783 bits per heavy atom. The molecular formula is C39H36N11O15S4+. The van der Waals surface area contributed by atoms with Crippen molar-refractivity contribution in [2.24, 2.45) is 35.7 Å². The second-order valence-corrected chi connectivity index (χ2v) is 19.3. The third kappa shape index (κ3) is 12.3. The van der Waals surface area contributed by atoms with Crippen LogP contribution in [0.3, 0.4) is 0 Å². The summed E-state index contributed by atoms with van der Waals surface area (Å²) in [5, 5.41) is 68.9. The van der Waals surface area contributed by atoms with Gasteiger partial charge in [0.2, 0.25) is 0 Å². The summed E-state index contributed by atoms with van der Waals surface area (Å²) in [5.41, 5.74) is 0.0706. The summed E-state index contributed by atoms with van der Waals surface area (Å²) in [5.74, 6) is -2.32. The number of azo groups is 3. The van der Waals surface area contributed by atoms with E-state index < -0.39 is 63.8 Å². The molecule has 11 N–H and O–H groups in total. The molecule has 26 nitrogen and oxygen atoms in total. The first-order valence-corrected chi connectivity index (χ1v) is 24.5. The van der Waals surface area contributed by atoms with Crippen LogP contribution < -0.4 is 25.4 Å². The van der Waals surface area contributed by atoms with E-state index in [0.29, 0.717) is 32.7 Å². The van der Waals surface area contributed by atoms with Crippen molar-refractivity contribution in [1.29, 1.82) is 0 Å². The zero-order valence-corrected chi connectivity index (χ0v) is 38.5. The third-order valence-electron chi connectivity index (χ3n) is 9.35. The molecule has 0 saturated heterocycles. The van der Waals surface area contributed by atoms with Crippen LogP contribution in [0.25, 0.3) is 21.5 Å². The van der Waals surface area contributed by atoms with Crippen molar-refractivity contribution in [3.63, 3.8) is 0 Å². The zero-order valence-electron chi connectivity index (χ0n) is 35.2. The smallest absolute Gasteiger partial charge is 0.411 e. The van der Waals surface area contributed by atoms with Crippen LogP contribution in [0.4, 0.5) is 39.8 Å². The molecule has 1 aliphatic heterocycles. The van der Waals surface area contributed by atoms with E-state index >= 15 is 0 Å². The van der Waals surface area contributed by atoms with Gasteiger partial charge in [-0.05, 0) is 60.0 Å². The van der Waals surface area contributed by atoms with E-state index in [-0.39, 0.29) is 57.9 Å². The molecule has 0 spiro atoms. The first-order chi connectivity index (χ1) is 32.7. The van der Waals surface area contributed by atoms with Gasteiger partial charge in [0.1, 0.15) is 45.2 Å². The lowest BCUT2D eigenvalue weighted by atomic mass is 10.1. The summed E-state index contributed by atoms with van der Waals surface area (Å²) in [6.45, 7) is 1.19. The number of methoxy groups -OCH3 is 1. The molecule has 0 unspecified atom stereocenters. The van der Waals surface area contributed by atoms with Gasteiger partial charge < -0.3 is 28.6 Å². The molecule has 0 saturated carbocycles. The predicted octanol–water partition coefficient (Wildman–Crippen LogP) is 8.61. The Kier molecular flexibility index (Phi) is 14.8. The van der Waals surface area contributed by atoms with E-state index in [1.165, 1.54) is 20.1 Å². The minimum absolute atomic E-state index is 0.0148. The lowest BCUT2D eigenvalue weighted by molar-refractivity contribution is -0.432. The maximum absolute atomic E-state index is 12.4. The fourth-order valence-electron chi connectivity index (χ4n) is 6.34. The first kappa shape index (κ1) is 49.7. The molecule has 360 valence electrons. The van der Waals surface area contributed by atoms with Gasteiger partial charge in [0.15, 0.2) is 11.6 Å². The Hall–Kier alpha value is -7.16. The molecule has 0 fully saturated rings. The van der Waals surface area contributed by atoms with Gasteiger partial charge in [-0.3, -0.25) is 19.7 Å². The van der Waals surface area contributed by atoms with E-state index in [1.807, 2.05) is 6.07 Å². The van der Waals surface area contributed by atoms with Gasteiger partial charge in [-0.15, -0.1) is 29.9 Å². The normalized spacial score (nSPS) is 13.8. The molecule has 0 aromatic heterocycles. The average molecular weight is 1030 g/mol. The highest BCUT2D eigenvalue weighted by molar-refractivity contribution is 8.19. The van der Waals surface area contributed by atoms with Crippen molar-refractivity contribution in [2.75, 3.05) is 24.7 Å². The minimum Gasteiger partial charge on any atom is -0.506 e. The number of amidine groups is 1. The summed E-state index contributed by atoms with van der Waals surface area (Å²) in [6.07, 6.45) is 0. The monoisotopic (exact) mass is 1030 g/mol. The number of aromatic hydroxyl groups is 2. The SMILES string of the molecule is COc1cc(N=Nc2c(S(O)(O)O)cc3cc(S(=O)(=O)O)cc(NC4=[N+]=C(NCCS(=O)(=O)O)NC(C)=N4)c3c2O)c(O)cc1N=Nc1ccc(N=Nc2ccc(SOOO)cc2)c2ccccc12. The van der Waals surface area contributed by atoms with Gasteiger partial charge in [-0.1, -0.05) is 34.3 Å². The zero-order chi connectivity index (χ0) is 49.7. The largest absolute Gasteiger partial charge is 0.506 e. The van der Waals surface area contributed by atoms with Crippen molar-refractivity contribution < 1.29 is 69.2 Å². The van der Waals surface area contributed by atoms with E-state index in [0.717, 1.165) is 36.3 Å². The maximum Gasteiger partial charge on any atom is 0.411 e. The van der Waals surface area contributed by atoms with Crippen LogP contribution in [0.15, 0.2) is 141 Å². The Bertz CT molecular complexity index is 3420. The number of rotatable bonds is 16. The highest BCUT2D eigenvalue weighted by atomic mass is 32.3. The molecule has 1 heterocycles. The number of anilines is 1. The molecule has 7 rings (SSSR count). The molecule has 0 radical (unpaired) electrons. The summed E-state index contributed by atoms with van der Waals surface area (Å²) >= 11 is 0.796. The van der Waals surface area contributed by atoms with Crippen LogP contribution in [0.1, 0.15) is 6.92 Å². The molecular weight excluding hydrogens is 991 g/mol. The molecule has 30 heteroatoms. The fourth-order valence-corrected chi connectivity index (χ4v) is 8.29. The third-order valence-corrected chi connectivity index (χ3v) is 12.4. The molecule has 6 aromatic rings. The standard InChI is InChI=1S/C39H35N11O15S4/c1-20-41-38(40-13-14-67(54,55)56)44-39(42-20)43-31-17-24(68(57,58)59)15-21-16-34(69(60,61)62)36(37(52)35(21)31)50-48-29-19-33(63-2)30(18-32(29)51)49-47-28-12-11-27(25-5-3-4-6-26(25)28)46-45-22-7-9-23(10-8-22)66-65-64-53/h3-12,15-19H,13-14H2,1-2H3,(H10,40,41,42,43,44,45,46,47,48,49,50,51,52,53,54,55,56,57,58,59,60,61,62)/p+1. The number of fused-ring (bicyclic) bond motifs is 2. The van der Waals surface area contributed by atoms with Crippen LogP contribution in [0, 0.1) is 0 Å². The lowest BCUT2D eigenvalue weighted by Crippen LogP contribution is -2.47. The number of benzene rings is 6. The number of hydrogen-bond donors (Lipinski definition) is 11. The number of ether oxygens (including phenoxy) is 1. The number of nitrogens with zero attached hydrogens (tertiary/aromatic N) is 8. The number of phenolic OH excluding ortho intramolecular Hbond substituents is 2. The Morgan fingerprint density at radius 2 is 1.43 bits per heavy atom. The molecule has 0 aliphatic carbocycles. The highest BCUT2D eigenvalue weighted by Gasteiger charge is 2.29. The number of aliphatic imine (C=N–C) groups is 1. The molecule has 0 bridgehead atoms. The molecule has 0 amide bonds. The summed E-state index contributed by atoms with van der Waals surface area (Å²) < 4.78 is 112. The molecule has 6 aromatic carbocycles. The molecule has 1 aliphatic rings. The van der Waals surface area contributed by atoms with Crippen LogP contribution in [-0.2, 0) is 29.6 Å². The summed E-state index contributed by atoms with van der Waals surface area (Å²) in [6, 6.07) is 22.2. The predicted molar refractivity (Wildman–Crippen MR) is 254 cm³/mol. The van der Waals surface area contributed by atoms with E-state index in [1.54, 1.807) is 54.6 Å². The van der Waals surface area contributed by atoms with Crippen molar-refractivity contribution in [3.8, 4) is 17.2 Å². The van der Waals surface area contributed by atoms with Gasteiger partial charge >= 0.3 is 11.9 Å². The Labute approximate surface area is 395 Å². The molecule has 0 atom stereocenters. The van der Waals surface area contributed by atoms with Crippen molar-refractivity contribution >= 4 is 122 Å². The van der Waals surface area contributed by atoms with E-state index in [9.17, 15) is 45.3 Å². The van der Waals surface area contributed by atoms with Crippen LogP contribution >= 0.6 is 22.9 Å². The highest BCUT2D eigenvalue weighted by Crippen LogP contribution is 2.56. The van der Waals surface area contributed by atoms with Crippen molar-refractivity contribution in [1.82, 2.24) is 15.3 Å². The van der Waals surface area contributed by atoms with Gasteiger partial charge in [0.05, 0.1) is 63.6 Å². The van der Waals surface area contributed by atoms with E-state index in [2.05, 4.69) is 65.7 Å². The second-order valence-electron chi connectivity index (χ2n) is 14.1. The second kappa shape index (κ2) is 20.6.